The largest absolute Gasteiger partial charge is 0.466 e. The molecule has 11 heteroatoms. The first-order valence-corrected chi connectivity index (χ1v) is 24.2. The van der Waals surface area contributed by atoms with E-state index in [2.05, 4.69) is 50.9 Å². The summed E-state index contributed by atoms with van der Waals surface area (Å²) in [4.78, 5) is 66.3. The number of quaternary nitrogens is 1. The number of nitrogens with zero attached hydrogens (tertiary/aromatic N) is 1. The number of ether oxygens (including phenoxy) is 2. The van der Waals surface area contributed by atoms with Crippen LogP contribution in [0.5, 0.6) is 0 Å². The molecular weight excluding hydrogens is 745 g/mol. The number of hydrogen-bond donors (Lipinski definition) is 3. The Morgan fingerprint density at radius 1 is 0.475 bits per heavy atom. The third kappa shape index (κ3) is 32.7. The molecule has 0 bridgehead atoms. The SMILES string of the molecule is CCCCCCCCCCCCOC(=O)CC[C@H](NC(=O)[C@@H](NC(=O)[C@@H](NC(=O)CCCCC[N+](C)(C)C)C(C)C)C(C)C)C(=O)OCCCCCCCCCCCC. The summed E-state index contributed by atoms with van der Waals surface area (Å²) >= 11 is 0. The standard InChI is InChI=1S/C48H92N4O7/c1-10-12-14-16-18-20-22-24-26-31-37-58-43(54)35-34-41(48(57)59-38-32-27-25-23-21-19-17-15-13-11-2)49-46(55)45(40(5)6)51-47(56)44(39(3)4)50-42(53)33-29-28-30-36-52(7,8)9/h39-41,44-45H,10-38H2,1-9H3,(H2-,49,50,51,53,55,56)/p+1/t41-,44-,45-/m0/s1. The highest BCUT2D eigenvalue weighted by atomic mass is 16.5. The summed E-state index contributed by atoms with van der Waals surface area (Å²) in [6.45, 7) is 13.4. The quantitative estimate of drug-likeness (QED) is 0.0318. The average molecular weight is 838 g/mol. The van der Waals surface area contributed by atoms with Crippen molar-refractivity contribution in [1.82, 2.24) is 16.0 Å². The van der Waals surface area contributed by atoms with Crippen LogP contribution < -0.4 is 16.0 Å². The Bertz CT molecular complexity index is 1110. The molecule has 0 saturated heterocycles. The highest BCUT2D eigenvalue weighted by molar-refractivity contribution is 5.94. The number of amides is 3. The van der Waals surface area contributed by atoms with Crippen LogP contribution in [0.3, 0.4) is 0 Å². The van der Waals surface area contributed by atoms with Crippen molar-refractivity contribution < 1.29 is 37.9 Å². The lowest BCUT2D eigenvalue weighted by molar-refractivity contribution is -0.870. The molecule has 0 unspecified atom stereocenters. The lowest BCUT2D eigenvalue weighted by Gasteiger charge is -2.28. The number of carbonyl (C=O) groups excluding carboxylic acids is 5. The van der Waals surface area contributed by atoms with Gasteiger partial charge in [-0.25, -0.2) is 4.79 Å². The minimum atomic E-state index is -1.08. The first-order chi connectivity index (χ1) is 28.1. The number of unbranched alkanes of at least 4 members (excludes halogenated alkanes) is 20. The summed E-state index contributed by atoms with van der Waals surface area (Å²) in [6.07, 6.45) is 26.4. The molecule has 0 aliphatic carbocycles. The third-order valence-electron chi connectivity index (χ3n) is 11.0. The van der Waals surface area contributed by atoms with E-state index in [1.165, 1.54) is 89.9 Å². The Kier molecular flexibility index (Phi) is 34.4. The van der Waals surface area contributed by atoms with E-state index in [1.807, 2.05) is 27.7 Å². The summed E-state index contributed by atoms with van der Waals surface area (Å²) in [6, 6.07) is -2.88. The maximum atomic E-state index is 13.8. The van der Waals surface area contributed by atoms with Crippen molar-refractivity contribution >= 4 is 29.7 Å². The van der Waals surface area contributed by atoms with Gasteiger partial charge in [-0.2, -0.15) is 0 Å². The van der Waals surface area contributed by atoms with E-state index in [9.17, 15) is 24.0 Å². The third-order valence-corrected chi connectivity index (χ3v) is 11.0. The van der Waals surface area contributed by atoms with Crippen LogP contribution in [0, 0.1) is 11.8 Å². The van der Waals surface area contributed by atoms with E-state index in [4.69, 9.17) is 9.47 Å². The molecule has 3 N–H and O–H groups in total. The van der Waals surface area contributed by atoms with Gasteiger partial charge < -0.3 is 29.9 Å². The molecule has 0 aromatic rings. The van der Waals surface area contributed by atoms with E-state index in [0.29, 0.717) is 13.0 Å². The predicted molar refractivity (Wildman–Crippen MR) is 242 cm³/mol. The smallest absolute Gasteiger partial charge is 0.328 e. The number of nitrogens with one attached hydrogen (secondary N) is 3. The van der Waals surface area contributed by atoms with Gasteiger partial charge >= 0.3 is 11.9 Å². The van der Waals surface area contributed by atoms with Gasteiger partial charge in [-0.1, -0.05) is 157 Å². The zero-order valence-electron chi connectivity index (χ0n) is 39.7. The van der Waals surface area contributed by atoms with E-state index < -0.39 is 41.9 Å². The van der Waals surface area contributed by atoms with E-state index in [-0.39, 0.29) is 37.2 Å². The van der Waals surface area contributed by atoms with Gasteiger partial charge in [0.15, 0.2) is 0 Å². The molecular formula is C48H93N4O7+. The summed E-state index contributed by atoms with van der Waals surface area (Å²) in [7, 11) is 6.43. The lowest BCUT2D eigenvalue weighted by Crippen LogP contribution is -2.58. The fourth-order valence-corrected chi connectivity index (χ4v) is 7.09. The van der Waals surface area contributed by atoms with Crippen molar-refractivity contribution in [2.75, 3.05) is 40.9 Å². The van der Waals surface area contributed by atoms with Gasteiger partial charge in [-0.3, -0.25) is 19.2 Å². The van der Waals surface area contributed by atoms with Crippen molar-refractivity contribution in [3.63, 3.8) is 0 Å². The van der Waals surface area contributed by atoms with Crippen molar-refractivity contribution in [2.24, 2.45) is 11.8 Å². The van der Waals surface area contributed by atoms with Crippen LogP contribution in [-0.4, -0.2) is 93.2 Å². The number of carbonyl (C=O) groups is 5. The second-order valence-electron chi connectivity index (χ2n) is 18.7. The molecule has 0 aromatic heterocycles. The van der Waals surface area contributed by atoms with Crippen LogP contribution in [0.1, 0.15) is 208 Å². The van der Waals surface area contributed by atoms with Crippen molar-refractivity contribution in [3.05, 3.63) is 0 Å². The molecule has 0 aromatic carbocycles. The second-order valence-corrected chi connectivity index (χ2v) is 18.7. The minimum Gasteiger partial charge on any atom is -0.466 e. The minimum absolute atomic E-state index is 0.0255. The van der Waals surface area contributed by atoms with Crippen LogP contribution >= 0.6 is 0 Å². The van der Waals surface area contributed by atoms with Gasteiger partial charge in [-0.15, -0.1) is 0 Å². The fraction of sp³-hybridized carbons (Fsp3) is 0.896. The Morgan fingerprint density at radius 3 is 1.34 bits per heavy atom. The van der Waals surface area contributed by atoms with Gasteiger partial charge in [0.1, 0.15) is 18.1 Å². The maximum Gasteiger partial charge on any atom is 0.328 e. The summed E-state index contributed by atoms with van der Waals surface area (Å²) in [5.74, 6) is -2.74. The van der Waals surface area contributed by atoms with E-state index in [0.717, 1.165) is 68.8 Å². The van der Waals surface area contributed by atoms with Crippen molar-refractivity contribution in [3.8, 4) is 0 Å². The molecule has 3 atom stereocenters. The van der Waals surface area contributed by atoms with Crippen LogP contribution in [0.25, 0.3) is 0 Å². The molecule has 0 rings (SSSR count). The molecule has 3 amide bonds. The highest BCUT2D eigenvalue weighted by Gasteiger charge is 2.33. The zero-order valence-corrected chi connectivity index (χ0v) is 39.7. The molecule has 59 heavy (non-hydrogen) atoms. The lowest BCUT2D eigenvalue weighted by atomic mass is 9.99. The number of rotatable bonds is 39. The van der Waals surface area contributed by atoms with Gasteiger partial charge in [0.25, 0.3) is 0 Å². The van der Waals surface area contributed by atoms with Gasteiger partial charge in [-0.05, 0) is 50.4 Å². The molecule has 0 spiro atoms. The van der Waals surface area contributed by atoms with Gasteiger partial charge in [0.05, 0.1) is 40.9 Å². The van der Waals surface area contributed by atoms with Crippen LogP contribution in [0.2, 0.25) is 0 Å². The first kappa shape index (κ1) is 56.3. The average Bonchev–Trinajstić information content (AvgIpc) is 3.17. The van der Waals surface area contributed by atoms with Gasteiger partial charge in [0, 0.05) is 12.8 Å². The first-order valence-electron chi connectivity index (χ1n) is 24.2. The summed E-state index contributed by atoms with van der Waals surface area (Å²) < 4.78 is 12.0. The van der Waals surface area contributed by atoms with Gasteiger partial charge in [0.2, 0.25) is 17.7 Å². The molecule has 346 valence electrons. The molecule has 0 heterocycles. The summed E-state index contributed by atoms with van der Waals surface area (Å²) in [5.41, 5.74) is 0. The molecule has 0 saturated carbocycles. The molecule has 11 nitrogen and oxygen atoms in total. The highest BCUT2D eigenvalue weighted by Crippen LogP contribution is 2.14. The van der Waals surface area contributed by atoms with Crippen LogP contribution in [0.15, 0.2) is 0 Å². The summed E-state index contributed by atoms with van der Waals surface area (Å²) in [5, 5.41) is 8.53. The molecule has 0 aliphatic rings. The molecule has 0 fully saturated rings. The Labute approximate surface area is 362 Å². The van der Waals surface area contributed by atoms with E-state index >= 15 is 0 Å². The van der Waals surface area contributed by atoms with Crippen molar-refractivity contribution in [2.45, 2.75) is 227 Å². The Balaban J connectivity index is 5.27. The van der Waals surface area contributed by atoms with Crippen LogP contribution in [0.4, 0.5) is 0 Å². The topological polar surface area (TPSA) is 140 Å². The van der Waals surface area contributed by atoms with Crippen LogP contribution in [-0.2, 0) is 33.4 Å². The number of hydrogen-bond acceptors (Lipinski definition) is 7. The number of esters is 2. The molecule has 0 aliphatic heterocycles. The van der Waals surface area contributed by atoms with Crippen molar-refractivity contribution in [1.29, 1.82) is 0 Å². The maximum absolute atomic E-state index is 13.8. The predicted octanol–water partition coefficient (Wildman–Crippen LogP) is 9.73. The Hall–Kier alpha value is -2.69. The monoisotopic (exact) mass is 838 g/mol. The normalized spacial score (nSPS) is 13.2. The second kappa shape index (κ2) is 36.0. The Morgan fingerprint density at radius 2 is 0.881 bits per heavy atom. The fourth-order valence-electron chi connectivity index (χ4n) is 7.09. The van der Waals surface area contributed by atoms with E-state index in [1.54, 1.807) is 0 Å². The zero-order chi connectivity index (χ0) is 44.3. The molecule has 0 radical (unpaired) electrons.